The molecule has 0 N–H and O–H groups in total. The van der Waals surface area contributed by atoms with Crippen molar-refractivity contribution in [2.75, 3.05) is 11.4 Å². The molecule has 2 aromatic rings. The molecule has 3 rings (SSSR count). The smallest absolute Gasteiger partial charge is 0.293 e. The van der Waals surface area contributed by atoms with Crippen molar-refractivity contribution in [1.82, 2.24) is 0 Å². The highest BCUT2D eigenvalue weighted by Crippen LogP contribution is 2.28. The number of aryl methyl sites for hydroxylation is 3. The predicted molar refractivity (Wildman–Crippen MR) is 74.6 cm³/mol. The van der Waals surface area contributed by atoms with Crippen LogP contribution in [0.2, 0.25) is 0 Å². The predicted octanol–water partition coefficient (Wildman–Crippen LogP) is 3.49. The van der Waals surface area contributed by atoms with Gasteiger partial charge in [-0.1, -0.05) is 18.2 Å². The minimum Gasteiger partial charge on any atom is -0.456 e. The first-order valence-electron chi connectivity index (χ1n) is 6.63. The lowest BCUT2D eigenvalue weighted by atomic mass is 10.0. The van der Waals surface area contributed by atoms with Crippen molar-refractivity contribution in [3.63, 3.8) is 0 Å². The Balaban J connectivity index is 1.97. The number of benzene rings is 1. The average Bonchev–Trinajstić information content (AvgIpc) is 2.77. The molecule has 0 atom stereocenters. The Morgan fingerprint density at radius 3 is 2.79 bits per heavy atom. The summed E-state index contributed by atoms with van der Waals surface area (Å²) in [5, 5.41) is 0. The van der Waals surface area contributed by atoms with Crippen LogP contribution in [0.5, 0.6) is 0 Å². The first kappa shape index (κ1) is 12.0. The van der Waals surface area contributed by atoms with E-state index in [1.165, 1.54) is 5.56 Å². The van der Waals surface area contributed by atoms with Crippen molar-refractivity contribution in [2.45, 2.75) is 26.7 Å². The van der Waals surface area contributed by atoms with Gasteiger partial charge < -0.3 is 9.32 Å². The zero-order valence-electron chi connectivity index (χ0n) is 11.3. The maximum Gasteiger partial charge on any atom is 0.293 e. The van der Waals surface area contributed by atoms with E-state index in [0.717, 1.165) is 36.4 Å². The number of hydrogen-bond acceptors (Lipinski definition) is 2. The summed E-state index contributed by atoms with van der Waals surface area (Å²) < 4.78 is 5.55. The summed E-state index contributed by atoms with van der Waals surface area (Å²) in [4.78, 5) is 14.4. The molecular formula is C16H17NO2. The molecule has 1 amide bonds. The third-order valence-corrected chi connectivity index (χ3v) is 3.73. The van der Waals surface area contributed by atoms with Crippen LogP contribution >= 0.6 is 0 Å². The van der Waals surface area contributed by atoms with Gasteiger partial charge in [-0.25, -0.2) is 0 Å². The molecule has 1 aromatic heterocycles. The van der Waals surface area contributed by atoms with Crippen molar-refractivity contribution in [3.05, 3.63) is 53.0 Å². The Morgan fingerprint density at radius 1 is 1.26 bits per heavy atom. The molecule has 3 nitrogen and oxygen atoms in total. The summed E-state index contributed by atoms with van der Waals surface area (Å²) in [6, 6.07) is 9.93. The van der Waals surface area contributed by atoms with Crippen LogP contribution in [0, 0.1) is 13.8 Å². The maximum atomic E-state index is 12.6. The van der Waals surface area contributed by atoms with Gasteiger partial charge in [0.05, 0.1) is 0 Å². The molecule has 0 aliphatic carbocycles. The van der Waals surface area contributed by atoms with Crippen LogP contribution in [-0.2, 0) is 6.42 Å². The van der Waals surface area contributed by atoms with Gasteiger partial charge in [-0.15, -0.1) is 0 Å². The van der Waals surface area contributed by atoms with Crippen LogP contribution in [0.25, 0.3) is 0 Å². The van der Waals surface area contributed by atoms with Gasteiger partial charge in [0.25, 0.3) is 5.91 Å². The number of hydrogen-bond donors (Lipinski definition) is 0. The highest BCUT2D eigenvalue weighted by Gasteiger charge is 2.25. The number of rotatable bonds is 1. The fourth-order valence-electron chi connectivity index (χ4n) is 2.56. The fraction of sp³-hybridized carbons (Fsp3) is 0.312. The largest absolute Gasteiger partial charge is 0.456 e. The van der Waals surface area contributed by atoms with Crippen LogP contribution in [0.4, 0.5) is 5.69 Å². The zero-order valence-corrected chi connectivity index (χ0v) is 11.3. The average molecular weight is 255 g/mol. The quantitative estimate of drug-likeness (QED) is 0.781. The Labute approximate surface area is 112 Å². The minimum atomic E-state index is -0.0386. The summed E-state index contributed by atoms with van der Waals surface area (Å²) in [5.74, 6) is 1.21. The summed E-state index contributed by atoms with van der Waals surface area (Å²) in [6.07, 6.45) is 2.04. The Morgan fingerprint density at radius 2 is 2.05 bits per heavy atom. The third-order valence-electron chi connectivity index (χ3n) is 3.73. The Kier molecular flexibility index (Phi) is 2.90. The van der Waals surface area contributed by atoms with E-state index in [0.29, 0.717) is 5.76 Å². The molecule has 98 valence electrons. The van der Waals surface area contributed by atoms with Crippen LogP contribution in [0.15, 0.2) is 34.7 Å². The molecule has 0 saturated carbocycles. The van der Waals surface area contributed by atoms with Crippen LogP contribution in [-0.4, -0.2) is 12.5 Å². The minimum absolute atomic E-state index is 0.0386. The number of fused-ring (bicyclic) bond motifs is 1. The lowest BCUT2D eigenvalue weighted by molar-refractivity contribution is 0.0957. The number of furan rings is 1. The lowest BCUT2D eigenvalue weighted by Crippen LogP contribution is -2.35. The molecule has 0 unspecified atom stereocenters. The van der Waals surface area contributed by atoms with Gasteiger partial charge in [-0.2, -0.15) is 0 Å². The lowest BCUT2D eigenvalue weighted by Gasteiger charge is -2.28. The van der Waals surface area contributed by atoms with Gasteiger partial charge >= 0.3 is 0 Å². The molecule has 1 aliphatic rings. The molecule has 0 saturated heterocycles. The molecule has 0 fully saturated rings. The second-order valence-electron chi connectivity index (χ2n) is 5.04. The van der Waals surface area contributed by atoms with Gasteiger partial charge in [0.15, 0.2) is 5.76 Å². The van der Waals surface area contributed by atoms with Gasteiger partial charge in [-0.3, -0.25) is 4.79 Å². The summed E-state index contributed by atoms with van der Waals surface area (Å²) >= 11 is 0. The van der Waals surface area contributed by atoms with E-state index in [1.807, 2.05) is 43.0 Å². The number of nitrogens with zero attached hydrogens (tertiary/aromatic N) is 1. The third kappa shape index (κ3) is 2.05. The van der Waals surface area contributed by atoms with E-state index in [4.69, 9.17) is 4.42 Å². The van der Waals surface area contributed by atoms with Gasteiger partial charge in [0.2, 0.25) is 0 Å². The topological polar surface area (TPSA) is 33.5 Å². The maximum absolute atomic E-state index is 12.6. The van der Waals surface area contributed by atoms with Crippen molar-refractivity contribution in [3.8, 4) is 0 Å². The van der Waals surface area contributed by atoms with E-state index in [9.17, 15) is 4.79 Å². The number of carbonyl (C=O) groups excluding carboxylic acids is 1. The summed E-state index contributed by atoms with van der Waals surface area (Å²) in [5.41, 5.74) is 3.28. The molecule has 0 spiro atoms. The summed E-state index contributed by atoms with van der Waals surface area (Å²) in [6.45, 7) is 4.60. The van der Waals surface area contributed by atoms with E-state index < -0.39 is 0 Å². The number of amides is 1. The fourth-order valence-corrected chi connectivity index (χ4v) is 2.56. The Hall–Kier alpha value is -2.03. The second kappa shape index (κ2) is 4.57. The van der Waals surface area contributed by atoms with Crippen LogP contribution in [0.3, 0.4) is 0 Å². The molecular weight excluding hydrogens is 238 g/mol. The molecule has 19 heavy (non-hydrogen) atoms. The first-order valence-corrected chi connectivity index (χ1v) is 6.63. The number of carbonyl (C=O) groups is 1. The zero-order chi connectivity index (χ0) is 13.4. The van der Waals surface area contributed by atoms with E-state index in [1.54, 1.807) is 0 Å². The number of para-hydroxylation sites is 1. The highest BCUT2D eigenvalue weighted by molar-refractivity contribution is 6.05. The van der Waals surface area contributed by atoms with Gasteiger partial charge in [-0.05, 0) is 49.9 Å². The van der Waals surface area contributed by atoms with Crippen molar-refractivity contribution in [1.29, 1.82) is 0 Å². The number of anilines is 1. The highest BCUT2D eigenvalue weighted by atomic mass is 16.4. The molecule has 1 aliphatic heterocycles. The SMILES string of the molecule is Cc1cc(C(=O)N2CCCc3ccccc32)oc1C. The molecule has 3 heteroatoms. The molecule has 0 bridgehead atoms. The van der Waals surface area contributed by atoms with Crippen LogP contribution in [0.1, 0.15) is 33.9 Å². The van der Waals surface area contributed by atoms with Crippen molar-refractivity contribution < 1.29 is 9.21 Å². The summed E-state index contributed by atoms with van der Waals surface area (Å²) in [7, 11) is 0. The molecule has 2 heterocycles. The second-order valence-corrected chi connectivity index (χ2v) is 5.04. The van der Waals surface area contributed by atoms with E-state index in [2.05, 4.69) is 6.07 Å². The Bertz CT molecular complexity index is 608. The normalized spacial score (nSPS) is 14.3. The van der Waals surface area contributed by atoms with Crippen molar-refractivity contribution in [2.24, 2.45) is 0 Å². The molecule has 0 radical (unpaired) electrons. The van der Waals surface area contributed by atoms with Gasteiger partial charge in [0.1, 0.15) is 5.76 Å². The molecule has 1 aromatic carbocycles. The van der Waals surface area contributed by atoms with Crippen molar-refractivity contribution >= 4 is 11.6 Å². The van der Waals surface area contributed by atoms with E-state index >= 15 is 0 Å². The van der Waals surface area contributed by atoms with E-state index in [-0.39, 0.29) is 5.91 Å². The van der Waals surface area contributed by atoms with Gasteiger partial charge in [0, 0.05) is 12.2 Å². The monoisotopic (exact) mass is 255 g/mol. The van der Waals surface area contributed by atoms with Crippen LogP contribution < -0.4 is 4.90 Å². The first-order chi connectivity index (χ1) is 9.16. The standard InChI is InChI=1S/C16H17NO2/c1-11-10-15(19-12(11)2)16(18)17-9-5-7-13-6-3-4-8-14(13)17/h3-4,6,8,10H,5,7,9H2,1-2H3.